The molecular weight excluding hydrogens is 406 g/mol. The van der Waals surface area contributed by atoms with E-state index in [1.807, 2.05) is 0 Å². The van der Waals surface area contributed by atoms with E-state index < -0.39 is 17.8 Å². The Labute approximate surface area is 177 Å². The van der Waals surface area contributed by atoms with E-state index in [-0.39, 0.29) is 0 Å². The van der Waals surface area contributed by atoms with E-state index >= 15 is 0 Å². The molecule has 0 atom stereocenters. The number of nitrogens with zero attached hydrogens (tertiary/aromatic N) is 1. The van der Waals surface area contributed by atoms with E-state index in [0.717, 1.165) is 0 Å². The summed E-state index contributed by atoms with van der Waals surface area (Å²) in [4.78, 5) is 35.7. The van der Waals surface area contributed by atoms with E-state index in [1.165, 1.54) is 12.3 Å². The van der Waals surface area contributed by atoms with Crippen molar-refractivity contribution in [1.82, 2.24) is 5.43 Å². The van der Waals surface area contributed by atoms with Crippen molar-refractivity contribution >= 4 is 41.3 Å². The summed E-state index contributed by atoms with van der Waals surface area (Å²) in [5, 5.41) is 6.64. The summed E-state index contributed by atoms with van der Waals surface area (Å²) < 4.78 is 5.28. The molecule has 0 aliphatic carbocycles. The van der Waals surface area contributed by atoms with E-state index in [0.29, 0.717) is 27.6 Å². The number of nitrogens with one attached hydrogen (secondary N) is 2. The van der Waals surface area contributed by atoms with Crippen molar-refractivity contribution in [3.05, 3.63) is 95.0 Å². The lowest BCUT2D eigenvalue weighted by Gasteiger charge is -2.05. The van der Waals surface area contributed by atoms with Gasteiger partial charge in [0.15, 0.2) is 0 Å². The van der Waals surface area contributed by atoms with Crippen LogP contribution in [0.5, 0.6) is 5.75 Å². The van der Waals surface area contributed by atoms with Crippen LogP contribution in [0.3, 0.4) is 0 Å². The number of hydrazone groups is 1. The molecule has 0 aromatic heterocycles. The maximum atomic E-state index is 12.1. The molecule has 0 aliphatic heterocycles. The average Bonchev–Trinajstić information content (AvgIpc) is 2.75. The summed E-state index contributed by atoms with van der Waals surface area (Å²) in [6, 6.07) is 21.5. The molecule has 7 nitrogen and oxygen atoms in total. The SMILES string of the molecule is O=C(N/N=C\c1ccc(OC(=O)c2cccc(Cl)c2)cc1)C(=O)Nc1ccccc1. The van der Waals surface area contributed by atoms with Gasteiger partial charge in [-0.25, -0.2) is 10.2 Å². The van der Waals surface area contributed by atoms with Crippen molar-refractivity contribution in [3.63, 3.8) is 0 Å². The first kappa shape index (κ1) is 20.8. The minimum Gasteiger partial charge on any atom is -0.423 e. The van der Waals surface area contributed by atoms with Crippen LogP contribution >= 0.6 is 11.6 Å². The van der Waals surface area contributed by atoms with Gasteiger partial charge >= 0.3 is 17.8 Å². The van der Waals surface area contributed by atoms with Crippen LogP contribution in [0.4, 0.5) is 5.69 Å². The zero-order valence-electron chi connectivity index (χ0n) is 15.5. The summed E-state index contributed by atoms with van der Waals surface area (Å²) in [5.74, 6) is -1.93. The number of ether oxygens (including phenoxy) is 1. The lowest BCUT2D eigenvalue weighted by atomic mass is 10.2. The van der Waals surface area contributed by atoms with Gasteiger partial charge in [0.2, 0.25) is 0 Å². The highest BCUT2D eigenvalue weighted by Gasteiger charge is 2.12. The van der Waals surface area contributed by atoms with Crippen LogP contribution < -0.4 is 15.5 Å². The van der Waals surface area contributed by atoms with Crippen LogP contribution in [0.25, 0.3) is 0 Å². The molecule has 0 fully saturated rings. The Kier molecular flexibility index (Phi) is 6.91. The molecule has 0 radical (unpaired) electrons. The normalized spacial score (nSPS) is 10.4. The first-order chi connectivity index (χ1) is 14.5. The van der Waals surface area contributed by atoms with Crippen molar-refractivity contribution in [3.8, 4) is 5.75 Å². The largest absolute Gasteiger partial charge is 0.423 e. The van der Waals surface area contributed by atoms with Gasteiger partial charge in [0, 0.05) is 10.7 Å². The molecule has 2 N–H and O–H groups in total. The van der Waals surface area contributed by atoms with Crippen molar-refractivity contribution in [1.29, 1.82) is 0 Å². The third-order valence-electron chi connectivity index (χ3n) is 3.77. The van der Waals surface area contributed by atoms with Crippen LogP contribution in [-0.2, 0) is 9.59 Å². The van der Waals surface area contributed by atoms with Crippen molar-refractivity contribution in [2.24, 2.45) is 5.10 Å². The topological polar surface area (TPSA) is 96.9 Å². The zero-order valence-corrected chi connectivity index (χ0v) is 16.3. The number of hydrogen-bond donors (Lipinski definition) is 2. The van der Waals surface area contributed by atoms with Gasteiger partial charge in [0.1, 0.15) is 5.75 Å². The minimum absolute atomic E-state index is 0.336. The Bertz CT molecular complexity index is 1080. The molecule has 30 heavy (non-hydrogen) atoms. The Hall–Kier alpha value is -3.97. The fraction of sp³-hybridized carbons (Fsp3) is 0. The molecule has 3 rings (SSSR count). The first-order valence-electron chi connectivity index (χ1n) is 8.78. The molecule has 0 saturated carbocycles. The molecule has 0 aliphatic rings. The fourth-order valence-corrected chi connectivity index (χ4v) is 2.52. The van der Waals surface area contributed by atoms with Crippen LogP contribution in [0, 0.1) is 0 Å². The number of esters is 1. The van der Waals surface area contributed by atoms with Crippen molar-refractivity contribution in [2.45, 2.75) is 0 Å². The van der Waals surface area contributed by atoms with Gasteiger partial charge in [0.25, 0.3) is 0 Å². The zero-order chi connectivity index (χ0) is 21.3. The van der Waals surface area contributed by atoms with E-state index in [2.05, 4.69) is 15.8 Å². The highest BCUT2D eigenvalue weighted by Crippen LogP contribution is 2.16. The van der Waals surface area contributed by atoms with Gasteiger partial charge in [-0.05, 0) is 60.2 Å². The van der Waals surface area contributed by atoms with E-state index in [4.69, 9.17) is 16.3 Å². The Balaban J connectivity index is 1.51. The molecule has 8 heteroatoms. The van der Waals surface area contributed by atoms with Gasteiger partial charge in [-0.3, -0.25) is 9.59 Å². The van der Waals surface area contributed by atoms with Crippen LogP contribution in [0.15, 0.2) is 84.0 Å². The number of para-hydroxylation sites is 1. The van der Waals surface area contributed by atoms with Gasteiger partial charge in [-0.15, -0.1) is 0 Å². The van der Waals surface area contributed by atoms with Crippen LogP contribution in [0.1, 0.15) is 15.9 Å². The second-order valence-corrected chi connectivity index (χ2v) is 6.42. The molecule has 0 bridgehead atoms. The second kappa shape index (κ2) is 9.99. The number of amides is 2. The lowest BCUT2D eigenvalue weighted by Crippen LogP contribution is -2.32. The van der Waals surface area contributed by atoms with Gasteiger partial charge < -0.3 is 10.1 Å². The highest BCUT2D eigenvalue weighted by molar-refractivity contribution is 6.39. The van der Waals surface area contributed by atoms with Crippen molar-refractivity contribution in [2.75, 3.05) is 5.32 Å². The third-order valence-corrected chi connectivity index (χ3v) is 4.00. The van der Waals surface area contributed by atoms with Gasteiger partial charge in [-0.1, -0.05) is 35.9 Å². The summed E-state index contributed by atoms with van der Waals surface area (Å²) in [5.41, 5.74) is 3.61. The second-order valence-electron chi connectivity index (χ2n) is 5.99. The number of rotatable bonds is 5. The van der Waals surface area contributed by atoms with Crippen LogP contribution in [0.2, 0.25) is 5.02 Å². The fourth-order valence-electron chi connectivity index (χ4n) is 2.33. The molecule has 2 amide bonds. The average molecular weight is 422 g/mol. The number of anilines is 1. The molecular formula is C22H16ClN3O4. The van der Waals surface area contributed by atoms with Gasteiger partial charge in [0.05, 0.1) is 11.8 Å². The molecule has 0 heterocycles. The van der Waals surface area contributed by atoms with Crippen molar-refractivity contribution < 1.29 is 19.1 Å². The summed E-state index contributed by atoms with van der Waals surface area (Å²) in [6.07, 6.45) is 1.36. The van der Waals surface area contributed by atoms with Crippen LogP contribution in [-0.4, -0.2) is 24.0 Å². The standard InChI is InChI=1S/C22H16ClN3O4/c23-17-6-4-5-16(13-17)22(29)30-19-11-9-15(10-12-19)14-24-26-21(28)20(27)25-18-7-2-1-3-8-18/h1-14H,(H,25,27)(H,26,28)/b24-14-. The Morgan fingerprint density at radius 3 is 2.30 bits per heavy atom. The Morgan fingerprint density at radius 1 is 0.867 bits per heavy atom. The summed E-state index contributed by atoms with van der Waals surface area (Å²) in [6.45, 7) is 0. The summed E-state index contributed by atoms with van der Waals surface area (Å²) >= 11 is 5.87. The monoisotopic (exact) mass is 421 g/mol. The summed E-state index contributed by atoms with van der Waals surface area (Å²) in [7, 11) is 0. The predicted octanol–water partition coefficient (Wildman–Crippen LogP) is 3.65. The Morgan fingerprint density at radius 2 is 1.60 bits per heavy atom. The number of benzene rings is 3. The number of carbonyl (C=O) groups is 3. The number of halogens is 1. The molecule has 3 aromatic carbocycles. The smallest absolute Gasteiger partial charge is 0.343 e. The molecule has 0 spiro atoms. The third kappa shape index (κ3) is 6.02. The van der Waals surface area contributed by atoms with E-state index in [9.17, 15) is 14.4 Å². The molecule has 3 aromatic rings. The maximum Gasteiger partial charge on any atom is 0.343 e. The molecule has 0 unspecified atom stereocenters. The van der Waals surface area contributed by atoms with Gasteiger partial charge in [-0.2, -0.15) is 5.10 Å². The predicted molar refractivity (Wildman–Crippen MR) is 114 cm³/mol. The minimum atomic E-state index is -0.901. The van der Waals surface area contributed by atoms with E-state index in [1.54, 1.807) is 72.8 Å². The first-order valence-corrected chi connectivity index (χ1v) is 9.16. The quantitative estimate of drug-likeness (QED) is 0.216. The lowest BCUT2D eigenvalue weighted by molar-refractivity contribution is -0.136. The number of hydrogen-bond acceptors (Lipinski definition) is 5. The number of carbonyl (C=O) groups excluding carboxylic acids is 3. The maximum absolute atomic E-state index is 12.1. The highest BCUT2D eigenvalue weighted by atomic mass is 35.5. The molecule has 150 valence electrons. The molecule has 0 saturated heterocycles.